The van der Waals surface area contributed by atoms with Gasteiger partial charge in [-0.2, -0.15) is 0 Å². The largest absolute Gasteiger partial charge is 0.356 e. The van der Waals surface area contributed by atoms with Crippen LogP contribution in [0.4, 0.5) is 0 Å². The summed E-state index contributed by atoms with van der Waals surface area (Å²) >= 11 is 0. The molecule has 1 aliphatic heterocycles. The summed E-state index contributed by atoms with van der Waals surface area (Å²) in [4.78, 5) is 30.4. The van der Waals surface area contributed by atoms with E-state index in [1.54, 1.807) is 24.5 Å². The number of pyridine rings is 1. The number of rotatable bonds is 5. The van der Waals surface area contributed by atoms with Crippen LogP contribution in [0.15, 0.2) is 24.5 Å². The van der Waals surface area contributed by atoms with E-state index in [0.29, 0.717) is 23.8 Å². The molecule has 1 aromatic heterocycles. The lowest BCUT2D eigenvalue weighted by atomic mass is 9.87. The van der Waals surface area contributed by atoms with Crippen LogP contribution < -0.4 is 5.32 Å². The normalized spacial score (nSPS) is 19.6. The molecule has 0 spiro atoms. The molecule has 3 rings (SSSR count). The molecule has 25 heavy (non-hydrogen) atoms. The summed E-state index contributed by atoms with van der Waals surface area (Å²) in [5.41, 5.74) is 0.703. The standard InChI is InChI=1S/C20H29N3O2/c24-19(14-16-4-2-1-3-5-16)22-15-17-8-12-23(13-9-17)20(25)18-6-10-21-11-7-18/h6-7,10-11,16-17H,1-5,8-9,12-15H2,(H,22,24). The van der Waals surface area contributed by atoms with Crippen molar-refractivity contribution in [3.63, 3.8) is 0 Å². The van der Waals surface area contributed by atoms with Crippen molar-refractivity contribution in [1.29, 1.82) is 0 Å². The summed E-state index contributed by atoms with van der Waals surface area (Å²) in [7, 11) is 0. The molecule has 2 aliphatic rings. The van der Waals surface area contributed by atoms with Gasteiger partial charge < -0.3 is 10.2 Å². The van der Waals surface area contributed by atoms with Crippen LogP contribution in [0.25, 0.3) is 0 Å². The average Bonchev–Trinajstić information content (AvgIpc) is 2.68. The Balaban J connectivity index is 1.36. The fourth-order valence-corrected chi connectivity index (χ4v) is 4.00. The Bertz CT molecular complexity index is 562. The first-order valence-electron chi connectivity index (χ1n) is 9.68. The molecule has 1 aromatic rings. The van der Waals surface area contributed by atoms with Crippen molar-refractivity contribution in [3.05, 3.63) is 30.1 Å². The minimum absolute atomic E-state index is 0.0854. The summed E-state index contributed by atoms with van der Waals surface area (Å²) in [5, 5.41) is 3.12. The van der Waals surface area contributed by atoms with Gasteiger partial charge in [0.15, 0.2) is 0 Å². The van der Waals surface area contributed by atoms with E-state index in [-0.39, 0.29) is 11.8 Å². The zero-order valence-electron chi connectivity index (χ0n) is 15.0. The van der Waals surface area contributed by atoms with Gasteiger partial charge in [0, 0.05) is 44.0 Å². The number of nitrogens with one attached hydrogen (secondary N) is 1. The van der Waals surface area contributed by atoms with E-state index < -0.39 is 0 Å². The Morgan fingerprint density at radius 2 is 1.68 bits per heavy atom. The second-order valence-corrected chi connectivity index (χ2v) is 7.48. The number of carbonyl (C=O) groups is 2. The Morgan fingerprint density at radius 3 is 2.36 bits per heavy atom. The van der Waals surface area contributed by atoms with Crippen molar-refractivity contribution in [2.24, 2.45) is 11.8 Å². The van der Waals surface area contributed by atoms with E-state index >= 15 is 0 Å². The third-order valence-electron chi connectivity index (χ3n) is 5.62. The van der Waals surface area contributed by atoms with Crippen molar-refractivity contribution in [3.8, 4) is 0 Å². The SMILES string of the molecule is O=C(CC1CCCCC1)NCC1CCN(C(=O)c2ccncc2)CC1. The molecule has 0 bridgehead atoms. The highest BCUT2D eigenvalue weighted by atomic mass is 16.2. The molecule has 136 valence electrons. The molecule has 2 fully saturated rings. The molecule has 1 aliphatic carbocycles. The summed E-state index contributed by atoms with van der Waals surface area (Å²) in [5.74, 6) is 1.37. The van der Waals surface area contributed by atoms with Gasteiger partial charge in [-0.25, -0.2) is 0 Å². The zero-order chi connectivity index (χ0) is 17.5. The van der Waals surface area contributed by atoms with Gasteiger partial charge >= 0.3 is 0 Å². The predicted molar refractivity (Wildman–Crippen MR) is 97.1 cm³/mol. The molecular weight excluding hydrogens is 314 g/mol. The molecule has 2 amide bonds. The monoisotopic (exact) mass is 343 g/mol. The van der Waals surface area contributed by atoms with Crippen molar-refractivity contribution >= 4 is 11.8 Å². The molecule has 1 saturated heterocycles. The van der Waals surface area contributed by atoms with E-state index in [9.17, 15) is 9.59 Å². The van der Waals surface area contributed by atoms with Crippen molar-refractivity contribution < 1.29 is 9.59 Å². The molecule has 0 unspecified atom stereocenters. The van der Waals surface area contributed by atoms with Gasteiger partial charge in [-0.3, -0.25) is 14.6 Å². The van der Waals surface area contributed by atoms with Gasteiger partial charge in [-0.1, -0.05) is 19.3 Å². The topological polar surface area (TPSA) is 62.3 Å². The van der Waals surface area contributed by atoms with Crippen LogP contribution in [0.2, 0.25) is 0 Å². The molecule has 1 N–H and O–H groups in total. The Labute approximate surface area is 150 Å². The third kappa shape index (κ3) is 5.28. The smallest absolute Gasteiger partial charge is 0.253 e. The third-order valence-corrected chi connectivity index (χ3v) is 5.62. The van der Waals surface area contributed by atoms with E-state index in [4.69, 9.17) is 0 Å². The summed E-state index contributed by atoms with van der Waals surface area (Å²) in [6, 6.07) is 3.53. The van der Waals surface area contributed by atoms with E-state index in [1.807, 2.05) is 4.90 Å². The lowest BCUT2D eigenvalue weighted by Crippen LogP contribution is -2.41. The van der Waals surface area contributed by atoms with Crippen LogP contribution in [-0.2, 0) is 4.79 Å². The first kappa shape index (κ1) is 17.9. The zero-order valence-corrected chi connectivity index (χ0v) is 15.0. The maximum atomic E-state index is 12.4. The quantitative estimate of drug-likeness (QED) is 0.894. The van der Waals surface area contributed by atoms with E-state index in [0.717, 1.165) is 32.5 Å². The molecule has 1 saturated carbocycles. The average molecular weight is 343 g/mol. The lowest BCUT2D eigenvalue weighted by molar-refractivity contribution is -0.122. The summed E-state index contributed by atoms with van der Waals surface area (Å²) in [6.07, 6.45) is 12.2. The number of likely N-dealkylation sites (tertiary alicyclic amines) is 1. The minimum Gasteiger partial charge on any atom is -0.356 e. The van der Waals surface area contributed by atoms with E-state index in [2.05, 4.69) is 10.3 Å². The predicted octanol–water partition coefficient (Wildman–Crippen LogP) is 3.02. The van der Waals surface area contributed by atoms with Crippen molar-refractivity contribution in [1.82, 2.24) is 15.2 Å². The number of hydrogen-bond acceptors (Lipinski definition) is 3. The number of nitrogens with zero attached hydrogens (tertiary/aromatic N) is 2. The van der Waals surface area contributed by atoms with Gasteiger partial charge in [0.05, 0.1) is 0 Å². The first-order chi connectivity index (χ1) is 12.2. The van der Waals surface area contributed by atoms with Crippen LogP contribution in [0.1, 0.15) is 61.7 Å². The second kappa shape index (κ2) is 8.97. The number of amides is 2. The molecule has 5 heteroatoms. The van der Waals surface area contributed by atoms with Crippen LogP contribution in [0.5, 0.6) is 0 Å². The maximum absolute atomic E-state index is 12.4. The van der Waals surface area contributed by atoms with Crippen molar-refractivity contribution in [2.75, 3.05) is 19.6 Å². The Hall–Kier alpha value is -1.91. The van der Waals surface area contributed by atoms with E-state index in [1.165, 1.54) is 32.1 Å². The van der Waals surface area contributed by atoms with Crippen LogP contribution in [-0.4, -0.2) is 41.3 Å². The summed E-state index contributed by atoms with van der Waals surface area (Å²) < 4.78 is 0. The molecule has 0 radical (unpaired) electrons. The van der Waals surface area contributed by atoms with Gasteiger partial charge in [0.25, 0.3) is 5.91 Å². The van der Waals surface area contributed by atoms with Crippen LogP contribution >= 0.6 is 0 Å². The second-order valence-electron chi connectivity index (χ2n) is 7.48. The molecule has 0 atom stereocenters. The van der Waals surface area contributed by atoms with Crippen LogP contribution in [0.3, 0.4) is 0 Å². The van der Waals surface area contributed by atoms with Gasteiger partial charge in [-0.15, -0.1) is 0 Å². The molecule has 0 aromatic carbocycles. The Morgan fingerprint density at radius 1 is 1.00 bits per heavy atom. The molecular formula is C20H29N3O2. The lowest BCUT2D eigenvalue weighted by Gasteiger charge is -2.32. The fourth-order valence-electron chi connectivity index (χ4n) is 4.00. The van der Waals surface area contributed by atoms with Gasteiger partial charge in [0.1, 0.15) is 0 Å². The highest BCUT2D eigenvalue weighted by Gasteiger charge is 2.24. The number of hydrogen-bond donors (Lipinski definition) is 1. The fraction of sp³-hybridized carbons (Fsp3) is 0.650. The maximum Gasteiger partial charge on any atom is 0.253 e. The minimum atomic E-state index is 0.0854. The van der Waals surface area contributed by atoms with Crippen LogP contribution in [0, 0.1) is 11.8 Å². The van der Waals surface area contributed by atoms with Gasteiger partial charge in [0.2, 0.25) is 5.91 Å². The number of carbonyl (C=O) groups excluding carboxylic acids is 2. The van der Waals surface area contributed by atoms with Gasteiger partial charge in [-0.05, 0) is 49.7 Å². The van der Waals surface area contributed by atoms with Crippen molar-refractivity contribution in [2.45, 2.75) is 51.4 Å². The molecule has 5 nitrogen and oxygen atoms in total. The highest BCUT2D eigenvalue weighted by Crippen LogP contribution is 2.26. The first-order valence-corrected chi connectivity index (χ1v) is 9.68. The number of piperidine rings is 1. The number of aromatic nitrogens is 1. The summed E-state index contributed by atoms with van der Waals surface area (Å²) in [6.45, 7) is 2.29. The highest BCUT2D eigenvalue weighted by molar-refractivity contribution is 5.94. The Kier molecular flexibility index (Phi) is 6.42. The molecule has 2 heterocycles.